The highest BCUT2D eigenvalue weighted by molar-refractivity contribution is 5.31. The van der Waals surface area contributed by atoms with Crippen LogP contribution >= 0.6 is 0 Å². The number of hydrogen-bond acceptors (Lipinski definition) is 8. The van der Waals surface area contributed by atoms with Crippen LogP contribution in [-0.2, 0) is 6.54 Å². The minimum atomic E-state index is -0.239. The lowest BCUT2D eigenvalue weighted by Gasteiger charge is -2.20. The van der Waals surface area contributed by atoms with E-state index in [-0.39, 0.29) is 29.0 Å². The van der Waals surface area contributed by atoms with Crippen molar-refractivity contribution < 1.29 is 9.47 Å². The maximum absolute atomic E-state index is 11.5. The predicted molar refractivity (Wildman–Crippen MR) is 84.0 cm³/mol. The van der Waals surface area contributed by atoms with Crippen LogP contribution in [-0.4, -0.2) is 37.4 Å². The van der Waals surface area contributed by atoms with Gasteiger partial charge in [0.2, 0.25) is 11.8 Å². The minimum Gasteiger partial charge on any atom is -0.467 e. The second-order valence-electron chi connectivity index (χ2n) is 5.73. The Morgan fingerprint density at radius 2 is 1.87 bits per heavy atom. The van der Waals surface area contributed by atoms with Crippen LogP contribution in [0.3, 0.4) is 0 Å². The van der Waals surface area contributed by atoms with Crippen molar-refractivity contribution in [2.45, 2.75) is 39.8 Å². The Morgan fingerprint density at radius 3 is 2.48 bits per heavy atom. The van der Waals surface area contributed by atoms with Gasteiger partial charge in [0.25, 0.3) is 5.56 Å². The standard InChI is InChI=1S/C14H20N6O3/c1-6-20-10(21)8-7-9(19-20)23-13-16-11(18-14(2,3)4)15-12(17-13)22-5/h7-8H,6H2,1-5H3,(H,15,16,17,18). The van der Waals surface area contributed by atoms with Crippen LogP contribution in [0.25, 0.3) is 0 Å². The largest absolute Gasteiger partial charge is 0.467 e. The number of nitrogens with zero attached hydrogens (tertiary/aromatic N) is 5. The summed E-state index contributed by atoms with van der Waals surface area (Å²) in [5, 5.41) is 7.18. The lowest BCUT2D eigenvalue weighted by molar-refractivity contribution is 0.352. The van der Waals surface area contributed by atoms with Crippen molar-refractivity contribution in [2.75, 3.05) is 12.4 Å². The highest BCUT2D eigenvalue weighted by Crippen LogP contribution is 2.19. The molecule has 124 valence electrons. The summed E-state index contributed by atoms with van der Waals surface area (Å²) >= 11 is 0. The minimum absolute atomic E-state index is 0.0254. The monoisotopic (exact) mass is 320 g/mol. The zero-order valence-corrected chi connectivity index (χ0v) is 13.8. The van der Waals surface area contributed by atoms with Crippen molar-refractivity contribution in [3.8, 4) is 17.9 Å². The third kappa shape index (κ3) is 4.63. The Hall–Kier alpha value is -2.71. The first kappa shape index (κ1) is 16.7. The van der Waals surface area contributed by atoms with Gasteiger partial charge in [-0.05, 0) is 27.7 Å². The van der Waals surface area contributed by atoms with Gasteiger partial charge in [0.1, 0.15) is 0 Å². The molecule has 0 saturated heterocycles. The van der Waals surface area contributed by atoms with Gasteiger partial charge in [-0.1, -0.05) is 0 Å². The fourth-order valence-electron chi connectivity index (χ4n) is 1.67. The van der Waals surface area contributed by atoms with E-state index in [0.29, 0.717) is 12.5 Å². The van der Waals surface area contributed by atoms with Gasteiger partial charge in [-0.15, -0.1) is 10.1 Å². The molecule has 9 nitrogen and oxygen atoms in total. The number of anilines is 1. The molecule has 0 atom stereocenters. The average Bonchev–Trinajstić information content (AvgIpc) is 2.47. The molecule has 0 unspecified atom stereocenters. The topological polar surface area (TPSA) is 104 Å². The van der Waals surface area contributed by atoms with Crippen LogP contribution in [0.5, 0.6) is 17.9 Å². The number of aromatic nitrogens is 5. The number of ether oxygens (including phenoxy) is 2. The first-order valence-corrected chi connectivity index (χ1v) is 7.15. The van der Waals surface area contributed by atoms with Crippen molar-refractivity contribution in [1.29, 1.82) is 0 Å². The lowest BCUT2D eigenvalue weighted by atomic mass is 10.1. The number of aryl methyl sites for hydroxylation is 1. The van der Waals surface area contributed by atoms with Crippen LogP contribution in [0.2, 0.25) is 0 Å². The Bertz CT molecular complexity index is 738. The number of rotatable bonds is 5. The van der Waals surface area contributed by atoms with Gasteiger partial charge in [-0.25, -0.2) is 4.68 Å². The summed E-state index contributed by atoms with van der Waals surface area (Å²) in [6.45, 7) is 8.18. The van der Waals surface area contributed by atoms with E-state index in [2.05, 4.69) is 25.4 Å². The Labute approximate surface area is 133 Å². The third-order valence-electron chi connectivity index (χ3n) is 2.60. The zero-order valence-electron chi connectivity index (χ0n) is 13.8. The Balaban J connectivity index is 2.31. The lowest BCUT2D eigenvalue weighted by Crippen LogP contribution is -2.27. The molecule has 23 heavy (non-hydrogen) atoms. The maximum atomic E-state index is 11.5. The van der Waals surface area contributed by atoms with E-state index in [4.69, 9.17) is 9.47 Å². The molecular formula is C14H20N6O3. The summed E-state index contributed by atoms with van der Waals surface area (Å²) in [6.07, 6.45) is 0. The fraction of sp³-hybridized carbons (Fsp3) is 0.500. The van der Waals surface area contributed by atoms with Gasteiger partial charge in [0, 0.05) is 24.2 Å². The summed E-state index contributed by atoms with van der Waals surface area (Å²) in [5.74, 6) is 0.532. The molecule has 0 aliphatic rings. The van der Waals surface area contributed by atoms with E-state index in [1.165, 1.54) is 23.9 Å². The van der Waals surface area contributed by atoms with Crippen LogP contribution < -0.4 is 20.3 Å². The molecule has 1 N–H and O–H groups in total. The Morgan fingerprint density at radius 1 is 1.17 bits per heavy atom. The van der Waals surface area contributed by atoms with Crippen molar-refractivity contribution in [3.05, 3.63) is 22.5 Å². The van der Waals surface area contributed by atoms with Crippen molar-refractivity contribution in [3.63, 3.8) is 0 Å². The molecule has 0 saturated carbocycles. The smallest absolute Gasteiger partial charge is 0.331 e. The van der Waals surface area contributed by atoms with Gasteiger partial charge >= 0.3 is 12.0 Å². The van der Waals surface area contributed by atoms with Crippen LogP contribution in [0.4, 0.5) is 5.95 Å². The summed E-state index contributed by atoms with van der Waals surface area (Å²) in [7, 11) is 1.45. The molecule has 2 aromatic heterocycles. The summed E-state index contributed by atoms with van der Waals surface area (Å²) < 4.78 is 11.9. The SMILES string of the molecule is CCn1nc(Oc2nc(NC(C)(C)C)nc(OC)n2)ccc1=O. The molecular weight excluding hydrogens is 300 g/mol. The number of nitrogens with one attached hydrogen (secondary N) is 1. The molecule has 2 rings (SSSR count). The average molecular weight is 320 g/mol. The number of hydrogen-bond donors (Lipinski definition) is 1. The molecule has 0 aliphatic carbocycles. The van der Waals surface area contributed by atoms with Crippen LogP contribution in [0.15, 0.2) is 16.9 Å². The maximum Gasteiger partial charge on any atom is 0.331 e. The molecule has 9 heteroatoms. The summed E-state index contributed by atoms with van der Waals surface area (Å²) in [4.78, 5) is 23.9. The van der Waals surface area contributed by atoms with Gasteiger partial charge in [0.05, 0.1) is 7.11 Å². The van der Waals surface area contributed by atoms with Gasteiger partial charge < -0.3 is 14.8 Å². The molecule has 2 heterocycles. The first-order valence-electron chi connectivity index (χ1n) is 7.15. The van der Waals surface area contributed by atoms with Crippen LogP contribution in [0.1, 0.15) is 27.7 Å². The molecule has 0 fully saturated rings. The van der Waals surface area contributed by atoms with E-state index in [9.17, 15) is 4.79 Å². The highest BCUT2D eigenvalue weighted by Gasteiger charge is 2.15. The normalized spacial score (nSPS) is 11.2. The van der Waals surface area contributed by atoms with Crippen molar-refractivity contribution in [2.24, 2.45) is 0 Å². The molecule has 0 spiro atoms. The molecule has 2 aromatic rings. The van der Waals surface area contributed by atoms with E-state index in [1.807, 2.05) is 27.7 Å². The first-order chi connectivity index (χ1) is 10.8. The summed E-state index contributed by atoms with van der Waals surface area (Å²) in [5.41, 5.74) is -0.444. The van der Waals surface area contributed by atoms with Gasteiger partial charge in [-0.2, -0.15) is 9.97 Å². The predicted octanol–water partition coefficient (Wildman–Crippen LogP) is 1.46. The zero-order chi connectivity index (χ0) is 17.0. The molecule has 0 radical (unpaired) electrons. The Kier molecular flexibility index (Phi) is 4.77. The second kappa shape index (κ2) is 6.59. The highest BCUT2D eigenvalue weighted by atomic mass is 16.5. The third-order valence-corrected chi connectivity index (χ3v) is 2.60. The fourth-order valence-corrected chi connectivity index (χ4v) is 1.67. The number of methoxy groups -OCH3 is 1. The second-order valence-corrected chi connectivity index (χ2v) is 5.73. The van der Waals surface area contributed by atoms with Gasteiger partial charge in [-0.3, -0.25) is 4.79 Å². The van der Waals surface area contributed by atoms with E-state index >= 15 is 0 Å². The van der Waals surface area contributed by atoms with Crippen LogP contribution in [0, 0.1) is 0 Å². The summed E-state index contributed by atoms with van der Waals surface area (Å²) in [6, 6.07) is 2.98. The molecule has 0 aromatic carbocycles. The van der Waals surface area contributed by atoms with Gasteiger partial charge in [0.15, 0.2) is 0 Å². The molecule has 0 amide bonds. The van der Waals surface area contributed by atoms with E-state index in [1.54, 1.807) is 0 Å². The van der Waals surface area contributed by atoms with Crippen molar-refractivity contribution in [1.82, 2.24) is 24.7 Å². The molecule has 0 aliphatic heterocycles. The van der Waals surface area contributed by atoms with E-state index < -0.39 is 0 Å². The van der Waals surface area contributed by atoms with Crippen molar-refractivity contribution >= 4 is 5.95 Å². The molecule has 0 bridgehead atoms. The van der Waals surface area contributed by atoms with E-state index in [0.717, 1.165) is 0 Å². The quantitative estimate of drug-likeness (QED) is 0.883.